The van der Waals surface area contributed by atoms with Crippen LogP contribution in [0.2, 0.25) is 0 Å². The number of fused-ring (bicyclic) bond motifs is 5. The minimum Gasteiger partial charge on any atom is -0.390 e. The van der Waals surface area contributed by atoms with Gasteiger partial charge in [-0.25, -0.2) is 0 Å². The van der Waals surface area contributed by atoms with Gasteiger partial charge in [0.05, 0.1) is 12.0 Å². The van der Waals surface area contributed by atoms with Crippen LogP contribution in [0.5, 0.6) is 0 Å². The maximum Gasteiger partial charge on any atom is 0.280 e. The van der Waals surface area contributed by atoms with E-state index in [0.717, 1.165) is 27.3 Å². The molecule has 45 heavy (non-hydrogen) atoms. The molecule has 0 saturated carbocycles. The van der Waals surface area contributed by atoms with Crippen molar-refractivity contribution in [3.05, 3.63) is 71.4 Å². The number of amides is 3. The molecule has 12 heteroatoms. The zero-order valence-corrected chi connectivity index (χ0v) is 25.1. The fourth-order valence-electron chi connectivity index (χ4n) is 8.73. The fourth-order valence-corrected chi connectivity index (χ4v) is 8.73. The minimum atomic E-state index is -2.48. The number of likely N-dealkylation sites (N-methyl/N-ethyl adjacent to an activating group) is 1. The average molecular weight is 616 g/mol. The second kappa shape index (κ2) is 9.84. The first-order valence-corrected chi connectivity index (χ1v) is 15.6. The van der Waals surface area contributed by atoms with E-state index in [0.29, 0.717) is 13.0 Å². The molecule has 0 bridgehead atoms. The highest BCUT2D eigenvalue weighted by Gasteiger charge is 2.73. The Morgan fingerprint density at radius 3 is 2.67 bits per heavy atom. The molecule has 3 amide bonds. The number of piperazine rings is 1. The highest BCUT2D eigenvalue weighted by molar-refractivity contribution is 5.97. The third-order valence-corrected chi connectivity index (χ3v) is 10.7. The average Bonchev–Trinajstić information content (AvgIpc) is 3.62. The van der Waals surface area contributed by atoms with Crippen molar-refractivity contribution in [2.45, 2.75) is 80.6 Å². The third kappa shape index (κ3) is 4.06. The van der Waals surface area contributed by atoms with E-state index in [1.807, 2.05) is 19.2 Å². The molecule has 5 aliphatic rings. The van der Waals surface area contributed by atoms with Gasteiger partial charge in [0, 0.05) is 48.4 Å². The number of likely N-dealkylation sites (tertiary alicyclic amines) is 1. The number of piperidine rings is 1. The lowest BCUT2D eigenvalue weighted by molar-refractivity contribution is -0.327. The summed E-state index contributed by atoms with van der Waals surface area (Å²) in [6, 6.07) is 12.8. The quantitative estimate of drug-likeness (QED) is 0.282. The van der Waals surface area contributed by atoms with Crippen LogP contribution in [0.25, 0.3) is 10.9 Å². The largest absolute Gasteiger partial charge is 0.390 e. The number of carbonyl (C=O) groups excluding carboxylic acids is 3. The van der Waals surface area contributed by atoms with E-state index in [9.17, 15) is 29.7 Å². The number of aromatic amines is 1. The second-order valence-electron chi connectivity index (χ2n) is 13.5. The Kier molecular flexibility index (Phi) is 6.27. The molecule has 0 radical (unpaired) electrons. The van der Waals surface area contributed by atoms with Crippen molar-refractivity contribution in [2.75, 3.05) is 13.6 Å². The van der Waals surface area contributed by atoms with Gasteiger partial charge in [-0.15, -0.1) is 0 Å². The van der Waals surface area contributed by atoms with E-state index < -0.39 is 59.7 Å². The molecule has 0 spiro atoms. The monoisotopic (exact) mass is 615 g/mol. The first kappa shape index (κ1) is 28.6. The summed E-state index contributed by atoms with van der Waals surface area (Å²) in [5.74, 6) is -4.66. The zero-order valence-electron chi connectivity index (χ0n) is 25.1. The number of rotatable bonds is 4. The van der Waals surface area contributed by atoms with Gasteiger partial charge in [0.2, 0.25) is 17.5 Å². The van der Waals surface area contributed by atoms with Gasteiger partial charge in [-0.3, -0.25) is 24.0 Å². The topological polar surface area (TPSA) is 159 Å². The summed E-state index contributed by atoms with van der Waals surface area (Å²) < 4.78 is 6.10. The molecule has 4 fully saturated rings. The van der Waals surface area contributed by atoms with Gasteiger partial charge in [0.1, 0.15) is 18.3 Å². The molecule has 1 aromatic heterocycles. The molecular weight excluding hydrogens is 578 g/mol. The summed E-state index contributed by atoms with van der Waals surface area (Å²) in [7, 11) is 2.01. The number of aromatic nitrogens is 1. The van der Waals surface area contributed by atoms with Crippen molar-refractivity contribution in [3.8, 4) is 0 Å². The van der Waals surface area contributed by atoms with E-state index >= 15 is 0 Å². The van der Waals surface area contributed by atoms with Crippen LogP contribution in [0.3, 0.4) is 0 Å². The molecule has 9 atom stereocenters. The Bertz CT molecular complexity index is 1710. The molecule has 236 valence electrons. The Hall–Kier alpha value is -3.81. The van der Waals surface area contributed by atoms with Crippen molar-refractivity contribution < 1.29 is 34.4 Å². The van der Waals surface area contributed by atoms with E-state index in [1.165, 1.54) is 23.4 Å². The lowest BCUT2D eigenvalue weighted by Crippen LogP contribution is -2.74. The number of hydrogen-bond donors (Lipinski definition) is 5. The highest BCUT2D eigenvalue weighted by atomic mass is 16.7. The normalized spacial score (nSPS) is 37.5. The summed E-state index contributed by atoms with van der Waals surface area (Å²) in [6.45, 7) is 1.84. The number of nitrogens with zero attached hydrogens (tertiary/aromatic N) is 3. The Labute approximate surface area is 259 Å². The van der Waals surface area contributed by atoms with E-state index in [4.69, 9.17) is 4.74 Å². The molecule has 12 nitrogen and oxygen atoms in total. The molecule has 3 aromatic rings. The summed E-state index contributed by atoms with van der Waals surface area (Å²) in [5, 5.41) is 37.7. The number of aliphatic hydroxyl groups excluding tert-OH is 2. The van der Waals surface area contributed by atoms with Gasteiger partial charge in [0.25, 0.3) is 11.8 Å². The number of nitrogens with one attached hydrogen (secondary N) is 2. The molecule has 9 unspecified atom stereocenters. The predicted molar refractivity (Wildman–Crippen MR) is 160 cm³/mol. The predicted octanol–water partition coefficient (Wildman–Crippen LogP) is 0.370. The van der Waals surface area contributed by atoms with Gasteiger partial charge in [0.15, 0.2) is 0 Å². The molecule has 5 N–H and O–H groups in total. The van der Waals surface area contributed by atoms with Crippen LogP contribution in [0.1, 0.15) is 42.4 Å². The molecule has 1 aliphatic carbocycles. The lowest BCUT2D eigenvalue weighted by atomic mass is 9.72. The number of ether oxygens (including phenoxy) is 1. The molecule has 5 heterocycles. The van der Waals surface area contributed by atoms with Crippen molar-refractivity contribution in [1.29, 1.82) is 0 Å². The van der Waals surface area contributed by atoms with Crippen LogP contribution >= 0.6 is 0 Å². The van der Waals surface area contributed by atoms with E-state index in [-0.39, 0.29) is 24.8 Å². The van der Waals surface area contributed by atoms with Gasteiger partial charge < -0.3 is 35.4 Å². The number of benzene rings is 2. The smallest absolute Gasteiger partial charge is 0.280 e. The summed E-state index contributed by atoms with van der Waals surface area (Å²) in [5.41, 5.74) is 2.24. The van der Waals surface area contributed by atoms with Crippen molar-refractivity contribution in [2.24, 2.45) is 5.92 Å². The molecule has 8 rings (SSSR count). The Morgan fingerprint density at radius 1 is 1.11 bits per heavy atom. The van der Waals surface area contributed by atoms with Crippen LogP contribution in [-0.2, 0) is 32.0 Å². The maximum absolute atomic E-state index is 14.2. The third-order valence-electron chi connectivity index (χ3n) is 10.7. The Balaban J connectivity index is 1.10. The number of hydrogen-bond acceptors (Lipinski definition) is 8. The molecule has 4 aliphatic heterocycles. The Morgan fingerprint density at radius 2 is 1.89 bits per heavy atom. The van der Waals surface area contributed by atoms with Crippen LogP contribution in [0, 0.1) is 5.92 Å². The van der Waals surface area contributed by atoms with Gasteiger partial charge in [-0.1, -0.05) is 42.5 Å². The van der Waals surface area contributed by atoms with Crippen LogP contribution in [-0.4, -0.2) is 108 Å². The minimum absolute atomic E-state index is 0.0380. The molecular formula is C33H37N5O7. The SMILES string of the molecule is CN1CC(C(=O)NC2(C)OC3(O)C4C(O)CC(O)N4C(=O)C(Cc4ccccc4)N3C2=O)CC2c3cccc4[nH]cc(c34)CC21. The van der Waals surface area contributed by atoms with Gasteiger partial charge in [-0.2, -0.15) is 0 Å². The first-order chi connectivity index (χ1) is 21.5. The molecule has 2 aromatic carbocycles. The van der Waals surface area contributed by atoms with Crippen molar-refractivity contribution in [3.63, 3.8) is 0 Å². The van der Waals surface area contributed by atoms with Crippen LogP contribution < -0.4 is 5.32 Å². The van der Waals surface area contributed by atoms with Crippen molar-refractivity contribution in [1.82, 2.24) is 25.0 Å². The molecule has 4 saturated heterocycles. The second-order valence-corrected chi connectivity index (χ2v) is 13.5. The number of H-pyrrole nitrogens is 1. The highest BCUT2D eigenvalue weighted by Crippen LogP contribution is 2.48. The van der Waals surface area contributed by atoms with E-state index in [2.05, 4.69) is 33.5 Å². The summed E-state index contributed by atoms with van der Waals surface area (Å²) in [4.78, 5) is 49.6. The fraction of sp³-hybridized carbons (Fsp3) is 0.485. The number of aliphatic hydroxyl groups is 3. The van der Waals surface area contributed by atoms with Crippen molar-refractivity contribution >= 4 is 28.6 Å². The first-order valence-electron chi connectivity index (χ1n) is 15.6. The van der Waals surface area contributed by atoms with Crippen LogP contribution in [0.15, 0.2) is 54.7 Å². The standard InChI is InChI=1S/C33H37N5O7/c1-32(35-29(41)19-12-21-20-9-6-10-22-27(20)18(15-34-22)13-23(21)36(2)16-19)31(43)38-24(11-17-7-4-3-5-8-17)30(42)37-26(40)14-25(39)28(37)33(38,44)45-32/h3-10,15,19,21,23-26,28,34,39-40,44H,11-14,16H2,1-2H3,(H,35,41). The van der Waals surface area contributed by atoms with Crippen LogP contribution in [0.4, 0.5) is 0 Å². The van der Waals surface area contributed by atoms with Gasteiger partial charge in [-0.05, 0) is 49.6 Å². The lowest BCUT2D eigenvalue weighted by Gasteiger charge is -2.49. The van der Waals surface area contributed by atoms with Gasteiger partial charge >= 0.3 is 0 Å². The number of carbonyl (C=O) groups is 3. The summed E-state index contributed by atoms with van der Waals surface area (Å²) >= 11 is 0. The maximum atomic E-state index is 14.2. The zero-order chi connectivity index (χ0) is 31.4. The summed E-state index contributed by atoms with van der Waals surface area (Å²) in [6.07, 6.45) is 0.603. The van der Waals surface area contributed by atoms with E-state index in [1.54, 1.807) is 24.3 Å².